The van der Waals surface area contributed by atoms with Crippen molar-refractivity contribution in [1.82, 2.24) is 10.2 Å². The quantitative estimate of drug-likeness (QED) is 0.627. The number of nitrogens with two attached hydrogens (primary N) is 1. The minimum atomic E-state index is 0.133. The average molecular weight is 179 g/mol. The van der Waals surface area contributed by atoms with Gasteiger partial charge >= 0.3 is 0 Å². The normalized spacial score (nSPS) is 22.0. The van der Waals surface area contributed by atoms with Gasteiger partial charge in [0, 0.05) is 23.6 Å². The summed E-state index contributed by atoms with van der Waals surface area (Å²) >= 11 is 0. The van der Waals surface area contributed by atoms with E-state index in [0.29, 0.717) is 6.04 Å². The molecule has 0 amide bonds. The van der Waals surface area contributed by atoms with Gasteiger partial charge in [-0.15, -0.1) is 0 Å². The highest BCUT2D eigenvalue weighted by Gasteiger charge is 2.29. The van der Waals surface area contributed by atoms with Gasteiger partial charge in [-0.1, -0.05) is 20.8 Å². The minimum absolute atomic E-state index is 0.133. The Hall–Kier alpha value is -0.830. The standard InChI is InChI=1S/C10H17N3/c1-10(2,3)9-7-4-6(11)5-8(7)12-13-9/h6H,4-5,11H2,1-3H3,(H,12,13). The van der Waals surface area contributed by atoms with E-state index in [0.717, 1.165) is 12.8 Å². The molecule has 0 aliphatic heterocycles. The van der Waals surface area contributed by atoms with Gasteiger partial charge in [-0.2, -0.15) is 5.10 Å². The molecular formula is C10H17N3. The summed E-state index contributed by atoms with van der Waals surface area (Å²) in [5.41, 5.74) is 9.83. The van der Waals surface area contributed by atoms with Gasteiger partial charge in [-0.05, 0) is 12.0 Å². The highest BCUT2D eigenvalue weighted by molar-refractivity contribution is 5.35. The monoisotopic (exact) mass is 179 g/mol. The second-order valence-corrected chi connectivity index (χ2v) is 4.95. The molecule has 3 N–H and O–H groups in total. The van der Waals surface area contributed by atoms with Crippen LogP contribution in [0.5, 0.6) is 0 Å². The fraction of sp³-hybridized carbons (Fsp3) is 0.700. The summed E-state index contributed by atoms with van der Waals surface area (Å²) in [7, 11) is 0. The van der Waals surface area contributed by atoms with E-state index < -0.39 is 0 Å². The van der Waals surface area contributed by atoms with Crippen molar-refractivity contribution in [2.45, 2.75) is 45.1 Å². The molecule has 1 aromatic heterocycles. The molecule has 1 aliphatic carbocycles. The van der Waals surface area contributed by atoms with Gasteiger partial charge in [0.1, 0.15) is 0 Å². The van der Waals surface area contributed by atoms with Gasteiger partial charge in [0.15, 0.2) is 0 Å². The van der Waals surface area contributed by atoms with Gasteiger partial charge in [0.25, 0.3) is 0 Å². The molecule has 13 heavy (non-hydrogen) atoms. The Morgan fingerprint density at radius 3 is 2.69 bits per heavy atom. The third-order valence-corrected chi connectivity index (χ3v) is 2.60. The summed E-state index contributed by atoms with van der Waals surface area (Å²) in [6.07, 6.45) is 1.94. The molecule has 1 unspecified atom stereocenters. The average Bonchev–Trinajstić information content (AvgIpc) is 2.41. The number of aromatic amines is 1. The predicted molar refractivity (Wildman–Crippen MR) is 52.7 cm³/mol. The summed E-state index contributed by atoms with van der Waals surface area (Å²) in [5, 5.41) is 7.46. The van der Waals surface area contributed by atoms with Crippen molar-refractivity contribution in [3.63, 3.8) is 0 Å². The van der Waals surface area contributed by atoms with Crippen LogP contribution in [0.4, 0.5) is 0 Å². The molecular weight excluding hydrogens is 162 g/mol. The van der Waals surface area contributed by atoms with E-state index in [1.54, 1.807) is 0 Å². The molecule has 1 atom stereocenters. The molecule has 72 valence electrons. The molecule has 0 bridgehead atoms. The zero-order valence-electron chi connectivity index (χ0n) is 8.52. The van der Waals surface area contributed by atoms with Crippen LogP contribution in [-0.4, -0.2) is 16.2 Å². The van der Waals surface area contributed by atoms with E-state index in [9.17, 15) is 0 Å². The molecule has 1 heterocycles. The molecule has 0 spiro atoms. The molecule has 0 radical (unpaired) electrons. The van der Waals surface area contributed by atoms with E-state index in [1.807, 2.05) is 0 Å². The van der Waals surface area contributed by atoms with Crippen molar-refractivity contribution in [1.29, 1.82) is 0 Å². The number of aromatic nitrogens is 2. The maximum absolute atomic E-state index is 5.89. The van der Waals surface area contributed by atoms with Crippen molar-refractivity contribution in [2.75, 3.05) is 0 Å². The van der Waals surface area contributed by atoms with E-state index in [1.165, 1.54) is 17.0 Å². The lowest BCUT2D eigenvalue weighted by Gasteiger charge is -2.16. The Bertz CT molecular complexity index is 319. The first-order valence-corrected chi connectivity index (χ1v) is 4.80. The van der Waals surface area contributed by atoms with Gasteiger partial charge in [-0.3, -0.25) is 5.10 Å². The van der Waals surface area contributed by atoms with Crippen molar-refractivity contribution >= 4 is 0 Å². The Morgan fingerprint density at radius 2 is 2.08 bits per heavy atom. The molecule has 1 aliphatic rings. The van der Waals surface area contributed by atoms with E-state index in [4.69, 9.17) is 5.73 Å². The maximum atomic E-state index is 5.89. The number of hydrogen-bond donors (Lipinski definition) is 2. The molecule has 0 saturated carbocycles. The summed E-state index contributed by atoms with van der Waals surface area (Å²) in [6.45, 7) is 6.56. The molecule has 0 aromatic carbocycles. The number of H-pyrrole nitrogens is 1. The van der Waals surface area contributed by atoms with Crippen LogP contribution < -0.4 is 5.73 Å². The molecule has 3 heteroatoms. The Kier molecular flexibility index (Phi) is 1.74. The number of nitrogens with zero attached hydrogens (tertiary/aromatic N) is 1. The van der Waals surface area contributed by atoms with E-state index >= 15 is 0 Å². The highest BCUT2D eigenvalue weighted by Crippen LogP contribution is 2.30. The third kappa shape index (κ3) is 1.37. The summed E-state index contributed by atoms with van der Waals surface area (Å²) in [6, 6.07) is 0.297. The van der Waals surface area contributed by atoms with Crippen LogP contribution in [0.1, 0.15) is 37.7 Å². The first-order chi connectivity index (χ1) is 5.98. The Morgan fingerprint density at radius 1 is 1.38 bits per heavy atom. The number of nitrogens with one attached hydrogen (secondary N) is 1. The summed E-state index contributed by atoms with van der Waals surface area (Å²) in [4.78, 5) is 0. The predicted octanol–water partition coefficient (Wildman–Crippen LogP) is 1.13. The van der Waals surface area contributed by atoms with Crippen molar-refractivity contribution in [3.8, 4) is 0 Å². The highest BCUT2D eigenvalue weighted by atomic mass is 15.1. The number of fused-ring (bicyclic) bond motifs is 1. The minimum Gasteiger partial charge on any atom is -0.327 e. The van der Waals surface area contributed by atoms with Gasteiger partial charge < -0.3 is 5.73 Å². The Labute approximate surface area is 78.7 Å². The van der Waals surface area contributed by atoms with E-state index in [2.05, 4.69) is 31.0 Å². The van der Waals surface area contributed by atoms with Crippen LogP contribution in [0, 0.1) is 0 Å². The molecule has 0 fully saturated rings. The molecule has 1 aromatic rings. The fourth-order valence-corrected chi connectivity index (χ4v) is 2.01. The first-order valence-electron chi connectivity index (χ1n) is 4.80. The molecule has 3 nitrogen and oxygen atoms in total. The van der Waals surface area contributed by atoms with Crippen LogP contribution in [0.3, 0.4) is 0 Å². The van der Waals surface area contributed by atoms with Crippen LogP contribution in [-0.2, 0) is 18.3 Å². The maximum Gasteiger partial charge on any atom is 0.0710 e. The van der Waals surface area contributed by atoms with E-state index in [-0.39, 0.29) is 5.41 Å². The largest absolute Gasteiger partial charge is 0.327 e. The zero-order valence-corrected chi connectivity index (χ0v) is 8.52. The van der Waals surface area contributed by atoms with Crippen LogP contribution in [0.2, 0.25) is 0 Å². The first kappa shape index (κ1) is 8.75. The van der Waals surface area contributed by atoms with Gasteiger partial charge in [-0.25, -0.2) is 0 Å². The SMILES string of the molecule is CC(C)(C)c1n[nH]c2c1CC(N)C2. The molecule has 2 rings (SSSR count). The van der Waals surface area contributed by atoms with Crippen molar-refractivity contribution in [2.24, 2.45) is 5.73 Å². The Balaban J connectivity index is 2.42. The summed E-state index contributed by atoms with van der Waals surface area (Å²) in [5.74, 6) is 0. The van der Waals surface area contributed by atoms with Crippen LogP contribution in [0.25, 0.3) is 0 Å². The lowest BCUT2D eigenvalue weighted by atomic mass is 9.89. The fourth-order valence-electron chi connectivity index (χ4n) is 2.01. The van der Waals surface area contributed by atoms with Crippen LogP contribution in [0.15, 0.2) is 0 Å². The number of rotatable bonds is 0. The van der Waals surface area contributed by atoms with Crippen LogP contribution >= 0.6 is 0 Å². The second-order valence-electron chi connectivity index (χ2n) is 4.95. The smallest absolute Gasteiger partial charge is 0.0710 e. The van der Waals surface area contributed by atoms with Gasteiger partial charge in [0.2, 0.25) is 0 Å². The third-order valence-electron chi connectivity index (χ3n) is 2.60. The second kappa shape index (κ2) is 2.58. The van der Waals surface area contributed by atoms with Gasteiger partial charge in [0.05, 0.1) is 5.69 Å². The van der Waals surface area contributed by atoms with Crippen molar-refractivity contribution in [3.05, 3.63) is 17.0 Å². The number of hydrogen-bond acceptors (Lipinski definition) is 2. The summed E-state index contributed by atoms with van der Waals surface area (Å²) < 4.78 is 0. The topological polar surface area (TPSA) is 54.7 Å². The molecule has 0 saturated heterocycles. The lowest BCUT2D eigenvalue weighted by Crippen LogP contribution is -2.21. The zero-order chi connectivity index (χ0) is 9.64. The van der Waals surface area contributed by atoms with Crippen molar-refractivity contribution < 1.29 is 0 Å². The lowest BCUT2D eigenvalue weighted by molar-refractivity contribution is 0.555.